The Morgan fingerprint density at radius 3 is 2.57 bits per heavy atom. The number of carbonyl (C=O) groups excluding carboxylic acids is 1. The number of ether oxygens (including phenoxy) is 2. The zero-order valence-corrected chi connectivity index (χ0v) is 16.9. The van der Waals surface area contributed by atoms with Gasteiger partial charge in [-0.25, -0.2) is 0 Å². The van der Waals surface area contributed by atoms with Crippen molar-refractivity contribution in [3.8, 4) is 5.75 Å². The topological polar surface area (TPSA) is 47.6 Å². The van der Waals surface area contributed by atoms with Crippen molar-refractivity contribution in [3.05, 3.63) is 71.3 Å². The average molecular weight is 377 g/mol. The number of hydrogen-bond acceptors (Lipinski definition) is 3. The second kappa shape index (κ2) is 6.78. The molecule has 0 saturated carbocycles. The molecule has 2 aromatic carbocycles. The van der Waals surface area contributed by atoms with Crippen LogP contribution in [0.15, 0.2) is 60.2 Å². The van der Waals surface area contributed by atoms with Crippen molar-refractivity contribution in [1.29, 1.82) is 0 Å². The van der Waals surface area contributed by atoms with Crippen molar-refractivity contribution in [2.45, 2.75) is 51.2 Å². The van der Waals surface area contributed by atoms with Gasteiger partial charge in [0.2, 0.25) is 0 Å². The second-order valence-electron chi connectivity index (χ2n) is 8.76. The first-order valence-electron chi connectivity index (χ1n) is 9.77. The minimum atomic E-state index is -0.959. The highest BCUT2D eigenvalue weighted by Gasteiger charge is 2.50. The fourth-order valence-corrected chi connectivity index (χ4v) is 4.00. The van der Waals surface area contributed by atoms with E-state index < -0.39 is 5.60 Å². The molecular formula is C24H27NO3. The predicted molar refractivity (Wildman–Crippen MR) is 111 cm³/mol. The Kier molecular flexibility index (Phi) is 4.54. The quantitative estimate of drug-likeness (QED) is 0.770. The molecule has 0 fully saturated rings. The molecule has 0 unspecified atom stereocenters. The van der Waals surface area contributed by atoms with Crippen LogP contribution in [0.4, 0.5) is 5.69 Å². The molecule has 4 heteroatoms. The molecule has 0 saturated heterocycles. The monoisotopic (exact) mass is 377 g/mol. The summed E-state index contributed by atoms with van der Waals surface area (Å²) in [7, 11) is 0. The maximum atomic E-state index is 12.8. The Labute approximate surface area is 166 Å². The molecule has 4 rings (SSSR count). The molecule has 2 aromatic rings. The SMILES string of the molecule is CC1=C[C@@H](COc2ccc(C(C)(C)C)cc2)O[C@@]2(C1)C(=O)Nc1ccccc12. The fraction of sp³-hybridized carbons (Fsp3) is 0.375. The van der Waals surface area contributed by atoms with Gasteiger partial charge in [0.05, 0.1) is 0 Å². The third kappa shape index (κ3) is 3.33. The zero-order valence-electron chi connectivity index (χ0n) is 16.9. The van der Waals surface area contributed by atoms with Gasteiger partial charge in [-0.15, -0.1) is 0 Å². The van der Waals surface area contributed by atoms with Crippen molar-refractivity contribution in [3.63, 3.8) is 0 Å². The summed E-state index contributed by atoms with van der Waals surface area (Å²) in [6.45, 7) is 8.98. The summed E-state index contributed by atoms with van der Waals surface area (Å²) >= 11 is 0. The molecular weight excluding hydrogens is 350 g/mol. The van der Waals surface area contributed by atoms with Gasteiger partial charge in [0.1, 0.15) is 18.5 Å². The Hall–Kier alpha value is -2.59. The van der Waals surface area contributed by atoms with E-state index in [1.165, 1.54) is 5.56 Å². The van der Waals surface area contributed by atoms with Crippen LogP contribution < -0.4 is 10.1 Å². The third-order valence-corrected chi connectivity index (χ3v) is 5.46. The largest absolute Gasteiger partial charge is 0.491 e. The minimum absolute atomic E-state index is 0.0966. The summed E-state index contributed by atoms with van der Waals surface area (Å²) < 4.78 is 12.3. The van der Waals surface area contributed by atoms with Crippen LogP contribution >= 0.6 is 0 Å². The molecule has 0 aliphatic carbocycles. The number of benzene rings is 2. The lowest BCUT2D eigenvalue weighted by atomic mass is 9.85. The first kappa shape index (κ1) is 18.8. The van der Waals surface area contributed by atoms with Crippen molar-refractivity contribution in [2.75, 3.05) is 11.9 Å². The van der Waals surface area contributed by atoms with E-state index in [1.54, 1.807) is 0 Å². The number of carbonyl (C=O) groups is 1. The van der Waals surface area contributed by atoms with Crippen LogP contribution in [-0.4, -0.2) is 18.6 Å². The van der Waals surface area contributed by atoms with E-state index in [9.17, 15) is 4.79 Å². The smallest absolute Gasteiger partial charge is 0.261 e. The standard InChI is InChI=1S/C24H27NO3/c1-16-13-19(15-27-18-11-9-17(10-12-18)23(2,3)4)28-24(14-16)20-7-5-6-8-21(20)25-22(24)26/h5-13,19H,14-15H2,1-4H3,(H,25,26)/t19-,24+/m0/s1. The summed E-state index contributed by atoms with van der Waals surface area (Å²) in [5.41, 5.74) is 3.30. The van der Waals surface area contributed by atoms with Gasteiger partial charge in [-0.2, -0.15) is 0 Å². The Morgan fingerprint density at radius 1 is 1.14 bits per heavy atom. The van der Waals surface area contributed by atoms with E-state index in [0.717, 1.165) is 22.6 Å². The maximum absolute atomic E-state index is 12.8. The molecule has 2 heterocycles. The summed E-state index contributed by atoms with van der Waals surface area (Å²) in [5, 5.41) is 2.96. The van der Waals surface area contributed by atoms with Gasteiger partial charge >= 0.3 is 0 Å². The number of fused-ring (bicyclic) bond motifs is 2. The van der Waals surface area contributed by atoms with E-state index in [0.29, 0.717) is 13.0 Å². The Bertz CT molecular complexity index is 924. The van der Waals surface area contributed by atoms with Gasteiger partial charge in [-0.3, -0.25) is 4.79 Å². The molecule has 1 N–H and O–H groups in total. The number of para-hydroxylation sites is 1. The third-order valence-electron chi connectivity index (χ3n) is 5.46. The molecule has 28 heavy (non-hydrogen) atoms. The molecule has 1 amide bonds. The predicted octanol–water partition coefficient (Wildman–Crippen LogP) is 4.95. The maximum Gasteiger partial charge on any atom is 0.261 e. The van der Waals surface area contributed by atoms with E-state index in [4.69, 9.17) is 9.47 Å². The van der Waals surface area contributed by atoms with Crippen LogP contribution in [0.1, 0.15) is 45.2 Å². The van der Waals surface area contributed by atoms with Crippen LogP contribution in [0.25, 0.3) is 0 Å². The van der Waals surface area contributed by atoms with E-state index in [2.05, 4.69) is 44.3 Å². The summed E-state index contributed by atoms with van der Waals surface area (Å²) in [4.78, 5) is 12.8. The van der Waals surface area contributed by atoms with Crippen molar-refractivity contribution in [2.24, 2.45) is 0 Å². The van der Waals surface area contributed by atoms with Crippen LogP contribution in [0, 0.1) is 0 Å². The second-order valence-corrected chi connectivity index (χ2v) is 8.76. The lowest BCUT2D eigenvalue weighted by Crippen LogP contribution is -2.44. The van der Waals surface area contributed by atoms with Gasteiger partial charge in [-0.1, -0.05) is 62.8 Å². The number of hydrogen-bond donors (Lipinski definition) is 1. The first-order valence-corrected chi connectivity index (χ1v) is 9.77. The molecule has 146 valence electrons. The number of amides is 1. The highest BCUT2D eigenvalue weighted by molar-refractivity contribution is 6.05. The lowest BCUT2D eigenvalue weighted by Gasteiger charge is -2.35. The normalized spacial score (nSPS) is 23.9. The average Bonchev–Trinajstić information content (AvgIpc) is 2.90. The van der Waals surface area contributed by atoms with Crippen LogP contribution in [-0.2, 0) is 20.5 Å². The molecule has 4 nitrogen and oxygen atoms in total. The highest BCUT2D eigenvalue weighted by atomic mass is 16.6. The van der Waals surface area contributed by atoms with E-state index in [-0.39, 0.29) is 17.4 Å². The van der Waals surface area contributed by atoms with Crippen LogP contribution in [0.5, 0.6) is 5.75 Å². The van der Waals surface area contributed by atoms with Crippen molar-refractivity contribution < 1.29 is 14.3 Å². The molecule has 0 aromatic heterocycles. The summed E-state index contributed by atoms with van der Waals surface area (Å²) in [6, 6.07) is 15.9. The number of rotatable bonds is 3. The summed E-state index contributed by atoms with van der Waals surface area (Å²) in [5.74, 6) is 0.708. The molecule has 0 radical (unpaired) electrons. The molecule has 1 spiro atoms. The molecule has 2 atom stereocenters. The highest BCUT2D eigenvalue weighted by Crippen LogP contribution is 2.45. The van der Waals surface area contributed by atoms with Gasteiger partial charge in [0, 0.05) is 17.7 Å². The number of nitrogens with one attached hydrogen (secondary N) is 1. The molecule has 0 bridgehead atoms. The Morgan fingerprint density at radius 2 is 1.86 bits per heavy atom. The molecule has 2 aliphatic rings. The van der Waals surface area contributed by atoms with Crippen LogP contribution in [0.3, 0.4) is 0 Å². The van der Waals surface area contributed by atoms with E-state index >= 15 is 0 Å². The minimum Gasteiger partial charge on any atom is -0.491 e. The first-order chi connectivity index (χ1) is 13.3. The zero-order chi connectivity index (χ0) is 19.9. The van der Waals surface area contributed by atoms with Gasteiger partial charge in [0.15, 0.2) is 5.60 Å². The van der Waals surface area contributed by atoms with Gasteiger partial charge in [-0.05, 0) is 36.1 Å². The molecule has 2 aliphatic heterocycles. The van der Waals surface area contributed by atoms with Crippen molar-refractivity contribution >= 4 is 11.6 Å². The summed E-state index contributed by atoms with van der Waals surface area (Å²) in [6.07, 6.45) is 2.34. The fourth-order valence-electron chi connectivity index (χ4n) is 4.00. The van der Waals surface area contributed by atoms with Crippen molar-refractivity contribution in [1.82, 2.24) is 0 Å². The van der Waals surface area contributed by atoms with Crippen LogP contribution in [0.2, 0.25) is 0 Å². The van der Waals surface area contributed by atoms with Gasteiger partial charge in [0.25, 0.3) is 5.91 Å². The van der Waals surface area contributed by atoms with Gasteiger partial charge < -0.3 is 14.8 Å². The number of anilines is 1. The Balaban J connectivity index is 1.51. The van der Waals surface area contributed by atoms with E-state index in [1.807, 2.05) is 43.3 Å². The lowest BCUT2D eigenvalue weighted by molar-refractivity contribution is -0.151.